The van der Waals surface area contributed by atoms with Gasteiger partial charge in [0.05, 0.1) is 6.10 Å². The lowest BCUT2D eigenvalue weighted by atomic mass is 10.0. The molecule has 0 aromatic carbocycles. The SMILES string of the molecule is C[C@@H](N)C(O)CC1=CCCC1. The van der Waals surface area contributed by atoms with E-state index in [1.54, 1.807) is 0 Å². The fourth-order valence-corrected chi connectivity index (χ4v) is 1.38. The molecule has 2 atom stereocenters. The molecule has 2 nitrogen and oxygen atoms in total. The van der Waals surface area contributed by atoms with Crippen molar-refractivity contribution in [3.05, 3.63) is 11.6 Å². The van der Waals surface area contributed by atoms with Crippen molar-refractivity contribution in [2.24, 2.45) is 5.73 Å². The number of aliphatic hydroxyl groups is 1. The van der Waals surface area contributed by atoms with Gasteiger partial charge in [0.25, 0.3) is 0 Å². The van der Waals surface area contributed by atoms with Gasteiger partial charge in [-0.3, -0.25) is 0 Å². The largest absolute Gasteiger partial charge is 0.391 e. The maximum Gasteiger partial charge on any atom is 0.0725 e. The molecule has 3 N–H and O–H groups in total. The van der Waals surface area contributed by atoms with E-state index in [1.165, 1.54) is 18.4 Å². The van der Waals surface area contributed by atoms with Crippen molar-refractivity contribution >= 4 is 0 Å². The number of rotatable bonds is 3. The van der Waals surface area contributed by atoms with Gasteiger partial charge in [-0.25, -0.2) is 0 Å². The number of nitrogens with two attached hydrogens (primary N) is 1. The fraction of sp³-hybridized carbons (Fsp3) is 0.778. The zero-order valence-corrected chi connectivity index (χ0v) is 7.09. The van der Waals surface area contributed by atoms with Gasteiger partial charge in [0.2, 0.25) is 0 Å². The monoisotopic (exact) mass is 155 g/mol. The maximum absolute atomic E-state index is 9.42. The molecule has 2 heteroatoms. The summed E-state index contributed by atoms with van der Waals surface area (Å²) >= 11 is 0. The van der Waals surface area contributed by atoms with Crippen molar-refractivity contribution in [3.63, 3.8) is 0 Å². The van der Waals surface area contributed by atoms with Crippen molar-refractivity contribution in [3.8, 4) is 0 Å². The maximum atomic E-state index is 9.42. The lowest BCUT2D eigenvalue weighted by Crippen LogP contribution is -2.31. The van der Waals surface area contributed by atoms with Crippen LogP contribution in [0.5, 0.6) is 0 Å². The first-order valence-corrected chi connectivity index (χ1v) is 4.31. The van der Waals surface area contributed by atoms with E-state index in [2.05, 4.69) is 6.08 Å². The van der Waals surface area contributed by atoms with Gasteiger partial charge in [-0.1, -0.05) is 11.6 Å². The Bertz CT molecular complexity index is 152. The third-order valence-electron chi connectivity index (χ3n) is 2.21. The second kappa shape index (κ2) is 3.88. The molecule has 0 aliphatic heterocycles. The van der Waals surface area contributed by atoms with E-state index < -0.39 is 0 Å². The highest BCUT2D eigenvalue weighted by Crippen LogP contribution is 2.22. The first kappa shape index (κ1) is 8.75. The van der Waals surface area contributed by atoms with Gasteiger partial charge in [0.15, 0.2) is 0 Å². The zero-order chi connectivity index (χ0) is 8.27. The van der Waals surface area contributed by atoms with Crippen LogP contribution in [0.25, 0.3) is 0 Å². The highest BCUT2D eigenvalue weighted by molar-refractivity contribution is 5.08. The summed E-state index contributed by atoms with van der Waals surface area (Å²) in [6, 6.07) is -0.100. The number of hydrogen-bond donors (Lipinski definition) is 2. The Morgan fingerprint density at radius 1 is 1.73 bits per heavy atom. The third kappa shape index (κ3) is 2.64. The summed E-state index contributed by atoms with van der Waals surface area (Å²) in [5.41, 5.74) is 6.92. The van der Waals surface area contributed by atoms with Gasteiger partial charge in [0, 0.05) is 6.04 Å². The summed E-state index contributed by atoms with van der Waals surface area (Å²) in [5, 5.41) is 9.42. The van der Waals surface area contributed by atoms with Crippen LogP contribution in [0, 0.1) is 0 Å². The normalized spacial score (nSPS) is 23.0. The van der Waals surface area contributed by atoms with Crippen LogP contribution in [0.15, 0.2) is 11.6 Å². The van der Waals surface area contributed by atoms with Crippen LogP contribution in [-0.4, -0.2) is 17.3 Å². The van der Waals surface area contributed by atoms with E-state index in [0.717, 1.165) is 12.8 Å². The van der Waals surface area contributed by atoms with Crippen LogP contribution in [0.1, 0.15) is 32.6 Å². The van der Waals surface area contributed by atoms with Crippen LogP contribution in [0.4, 0.5) is 0 Å². The van der Waals surface area contributed by atoms with Crippen molar-refractivity contribution in [1.82, 2.24) is 0 Å². The molecular formula is C9H17NO. The summed E-state index contributed by atoms with van der Waals surface area (Å²) in [7, 11) is 0. The highest BCUT2D eigenvalue weighted by atomic mass is 16.3. The summed E-state index contributed by atoms with van der Waals surface area (Å²) < 4.78 is 0. The molecule has 1 aliphatic rings. The van der Waals surface area contributed by atoms with Gasteiger partial charge in [-0.15, -0.1) is 0 Å². The Morgan fingerprint density at radius 3 is 2.91 bits per heavy atom. The molecule has 11 heavy (non-hydrogen) atoms. The predicted molar refractivity (Wildman–Crippen MR) is 46.2 cm³/mol. The van der Waals surface area contributed by atoms with E-state index >= 15 is 0 Å². The quantitative estimate of drug-likeness (QED) is 0.601. The number of allylic oxidation sites excluding steroid dienone is 1. The Hall–Kier alpha value is -0.340. The van der Waals surface area contributed by atoms with E-state index in [1.807, 2.05) is 6.92 Å². The average molecular weight is 155 g/mol. The molecular weight excluding hydrogens is 138 g/mol. The van der Waals surface area contributed by atoms with Crippen LogP contribution < -0.4 is 5.73 Å². The van der Waals surface area contributed by atoms with Crippen molar-refractivity contribution < 1.29 is 5.11 Å². The van der Waals surface area contributed by atoms with E-state index in [4.69, 9.17) is 5.73 Å². The summed E-state index contributed by atoms with van der Waals surface area (Å²) in [4.78, 5) is 0. The summed E-state index contributed by atoms with van der Waals surface area (Å²) in [6.07, 6.45) is 6.24. The molecule has 0 aromatic rings. The van der Waals surface area contributed by atoms with Crippen molar-refractivity contribution in [2.75, 3.05) is 0 Å². The second-order valence-electron chi connectivity index (χ2n) is 3.39. The van der Waals surface area contributed by atoms with Crippen LogP contribution >= 0.6 is 0 Å². The molecule has 0 amide bonds. The Kier molecular flexibility index (Phi) is 3.09. The lowest BCUT2D eigenvalue weighted by molar-refractivity contribution is 0.150. The topological polar surface area (TPSA) is 46.2 Å². The fourth-order valence-electron chi connectivity index (χ4n) is 1.38. The van der Waals surface area contributed by atoms with Crippen LogP contribution in [0.3, 0.4) is 0 Å². The molecule has 0 bridgehead atoms. The van der Waals surface area contributed by atoms with Crippen molar-refractivity contribution in [1.29, 1.82) is 0 Å². The molecule has 0 spiro atoms. The van der Waals surface area contributed by atoms with Gasteiger partial charge in [-0.05, 0) is 32.6 Å². The molecule has 1 unspecified atom stereocenters. The molecule has 1 rings (SSSR count). The smallest absolute Gasteiger partial charge is 0.0725 e. The Balaban J connectivity index is 2.29. The molecule has 0 saturated carbocycles. The highest BCUT2D eigenvalue weighted by Gasteiger charge is 2.13. The van der Waals surface area contributed by atoms with Gasteiger partial charge >= 0.3 is 0 Å². The summed E-state index contributed by atoms with van der Waals surface area (Å²) in [6.45, 7) is 1.85. The number of hydrogen-bond acceptors (Lipinski definition) is 2. The Labute approximate surface area is 68.1 Å². The van der Waals surface area contributed by atoms with Crippen LogP contribution in [0.2, 0.25) is 0 Å². The van der Waals surface area contributed by atoms with E-state index in [-0.39, 0.29) is 12.1 Å². The molecule has 0 aromatic heterocycles. The van der Waals surface area contributed by atoms with Gasteiger partial charge < -0.3 is 10.8 Å². The molecule has 0 saturated heterocycles. The molecule has 1 aliphatic carbocycles. The van der Waals surface area contributed by atoms with Gasteiger partial charge in [-0.2, -0.15) is 0 Å². The second-order valence-corrected chi connectivity index (χ2v) is 3.39. The van der Waals surface area contributed by atoms with E-state index in [9.17, 15) is 5.11 Å². The summed E-state index contributed by atoms with van der Waals surface area (Å²) in [5.74, 6) is 0. The van der Waals surface area contributed by atoms with Gasteiger partial charge in [0.1, 0.15) is 0 Å². The molecule has 64 valence electrons. The van der Waals surface area contributed by atoms with Crippen molar-refractivity contribution in [2.45, 2.75) is 44.8 Å². The zero-order valence-electron chi connectivity index (χ0n) is 7.09. The number of aliphatic hydroxyl groups excluding tert-OH is 1. The standard InChI is InChI=1S/C9H17NO/c1-7(10)9(11)6-8-4-2-3-5-8/h4,7,9,11H,2-3,5-6,10H2,1H3/t7-,9?/m1/s1. The minimum atomic E-state index is -0.348. The molecule has 0 heterocycles. The first-order valence-electron chi connectivity index (χ1n) is 4.31. The molecule has 0 radical (unpaired) electrons. The average Bonchev–Trinajstić information content (AvgIpc) is 2.39. The predicted octanol–water partition coefficient (Wildman–Crippen LogP) is 1.19. The minimum absolute atomic E-state index is 0.100. The van der Waals surface area contributed by atoms with E-state index in [0.29, 0.717) is 0 Å². The third-order valence-corrected chi connectivity index (χ3v) is 2.21. The lowest BCUT2D eigenvalue weighted by Gasteiger charge is -2.14. The first-order chi connectivity index (χ1) is 5.20. The molecule has 0 fully saturated rings. The van der Waals surface area contributed by atoms with Crippen LogP contribution in [-0.2, 0) is 0 Å². The minimum Gasteiger partial charge on any atom is -0.391 e. The Morgan fingerprint density at radius 2 is 2.45 bits per heavy atom.